The normalized spacial score (nSPS) is 10.5. The number of rotatable bonds is 5. The van der Waals surface area contributed by atoms with Crippen molar-refractivity contribution in [3.63, 3.8) is 0 Å². The topological polar surface area (TPSA) is 72.6 Å². The summed E-state index contributed by atoms with van der Waals surface area (Å²) in [5.41, 5.74) is 2.54. The second kappa shape index (κ2) is 4.90. The second-order valence-electron chi connectivity index (χ2n) is 4.18. The Morgan fingerprint density at radius 2 is 2.24 bits per heavy atom. The van der Waals surface area contributed by atoms with E-state index in [9.17, 15) is 0 Å². The molecule has 0 aliphatic rings. The number of aryl methyl sites for hydroxylation is 1. The van der Waals surface area contributed by atoms with Gasteiger partial charge in [0.1, 0.15) is 0 Å². The maximum absolute atomic E-state index is 4.29. The Labute approximate surface area is 100 Å². The van der Waals surface area contributed by atoms with Crippen LogP contribution in [0.15, 0.2) is 12.3 Å². The highest BCUT2D eigenvalue weighted by Gasteiger charge is 2.04. The van der Waals surface area contributed by atoms with Gasteiger partial charge in [-0.25, -0.2) is 5.10 Å². The van der Waals surface area contributed by atoms with Gasteiger partial charge in [0.2, 0.25) is 11.9 Å². The molecule has 0 unspecified atom stereocenters. The van der Waals surface area contributed by atoms with Crippen LogP contribution in [0.4, 0.5) is 11.9 Å². The smallest absolute Gasteiger partial charge is 0.245 e. The van der Waals surface area contributed by atoms with Gasteiger partial charge in [-0.1, -0.05) is 0 Å². The van der Waals surface area contributed by atoms with Gasteiger partial charge in [0, 0.05) is 32.5 Å². The summed E-state index contributed by atoms with van der Waals surface area (Å²) in [7, 11) is 3.83. The lowest BCUT2D eigenvalue weighted by Crippen LogP contribution is -2.10. The summed E-state index contributed by atoms with van der Waals surface area (Å²) < 4.78 is 0. The van der Waals surface area contributed by atoms with Gasteiger partial charge in [-0.2, -0.15) is 4.98 Å². The maximum atomic E-state index is 4.29. The maximum Gasteiger partial charge on any atom is 0.245 e. The third kappa shape index (κ3) is 2.77. The van der Waals surface area contributed by atoms with Crippen LogP contribution in [-0.2, 0) is 6.42 Å². The molecule has 92 valence electrons. The van der Waals surface area contributed by atoms with Crippen LogP contribution in [0.5, 0.6) is 0 Å². The molecule has 0 saturated heterocycles. The number of nitrogens with zero attached hydrogens (tertiary/aromatic N) is 3. The molecule has 0 radical (unpaired) electrons. The van der Waals surface area contributed by atoms with Crippen molar-refractivity contribution in [1.29, 1.82) is 0 Å². The molecular formula is C11H18N6. The van der Waals surface area contributed by atoms with Crippen molar-refractivity contribution >= 4 is 11.9 Å². The molecule has 0 atom stereocenters. The van der Waals surface area contributed by atoms with Crippen LogP contribution in [0.25, 0.3) is 0 Å². The fourth-order valence-corrected chi connectivity index (χ4v) is 1.60. The van der Waals surface area contributed by atoms with Crippen LogP contribution in [0.1, 0.15) is 11.3 Å². The molecule has 0 amide bonds. The lowest BCUT2D eigenvalue weighted by molar-refractivity contribution is 0.972. The highest BCUT2D eigenvalue weighted by molar-refractivity contribution is 5.35. The van der Waals surface area contributed by atoms with Crippen LogP contribution in [0.3, 0.4) is 0 Å². The zero-order chi connectivity index (χ0) is 12.3. The monoisotopic (exact) mass is 234 g/mol. The molecule has 6 heteroatoms. The molecule has 0 bridgehead atoms. The molecule has 0 fully saturated rings. The number of H-pyrrole nitrogens is 2. The number of anilines is 2. The summed E-state index contributed by atoms with van der Waals surface area (Å²) in [4.78, 5) is 9.32. The molecule has 6 nitrogen and oxygen atoms in total. The minimum atomic E-state index is 0.685. The van der Waals surface area contributed by atoms with Crippen LogP contribution >= 0.6 is 0 Å². The minimum absolute atomic E-state index is 0.685. The number of aromatic nitrogens is 4. The minimum Gasteiger partial charge on any atom is -0.365 e. The zero-order valence-electron chi connectivity index (χ0n) is 10.4. The largest absolute Gasteiger partial charge is 0.365 e. The third-order valence-electron chi connectivity index (χ3n) is 2.63. The molecular weight excluding hydrogens is 216 g/mol. The Morgan fingerprint density at radius 1 is 1.41 bits per heavy atom. The lowest BCUT2D eigenvalue weighted by atomic mass is 10.2. The van der Waals surface area contributed by atoms with Gasteiger partial charge in [0.15, 0.2) is 0 Å². The predicted molar refractivity (Wildman–Crippen MR) is 68.4 cm³/mol. The summed E-state index contributed by atoms with van der Waals surface area (Å²) in [6.45, 7) is 2.91. The van der Waals surface area contributed by atoms with E-state index in [1.165, 1.54) is 11.3 Å². The highest BCUT2D eigenvalue weighted by Crippen LogP contribution is 2.08. The summed E-state index contributed by atoms with van der Waals surface area (Å²) in [6.07, 6.45) is 2.93. The molecule has 0 spiro atoms. The van der Waals surface area contributed by atoms with Crippen molar-refractivity contribution in [3.8, 4) is 0 Å². The van der Waals surface area contributed by atoms with E-state index in [0.29, 0.717) is 11.9 Å². The fraction of sp³-hybridized carbons (Fsp3) is 0.455. The van der Waals surface area contributed by atoms with Crippen LogP contribution in [0.2, 0.25) is 0 Å². The molecule has 2 rings (SSSR count). The first-order chi connectivity index (χ1) is 8.16. The molecule has 0 aliphatic heterocycles. The van der Waals surface area contributed by atoms with Crippen LogP contribution in [0, 0.1) is 6.92 Å². The van der Waals surface area contributed by atoms with E-state index in [1.54, 1.807) is 0 Å². The molecule has 2 heterocycles. The Morgan fingerprint density at radius 3 is 2.82 bits per heavy atom. The Kier molecular flexibility index (Phi) is 3.32. The Bertz CT molecular complexity index is 470. The van der Waals surface area contributed by atoms with E-state index >= 15 is 0 Å². The van der Waals surface area contributed by atoms with Gasteiger partial charge in [0.25, 0.3) is 0 Å². The van der Waals surface area contributed by atoms with E-state index in [0.717, 1.165) is 13.0 Å². The Balaban J connectivity index is 1.84. The lowest BCUT2D eigenvalue weighted by Gasteiger charge is -2.04. The molecule has 0 saturated carbocycles. The zero-order valence-corrected chi connectivity index (χ0v) is 10.4. The van der Waals surface area contributed by atoms with Gasteiger partial charge < -0.3 is 15.2 Å². The van der Waals surface area contributed by atoms with E-state index < -0.39 is 0 Å². The van der Waals surface area contributed by atoms with Gasteiger partial charge in [0.05, 0.1) is 0 Å². The van der Waals surface area contributed by atoms with Crippen molar-refractivity contribution < 1.29 is 0 Å². The molecule has 0 aliphatic carbocycles. The van der Waals surface area contributed by atoms with Crippen molar-refractivity contribution in [2.24, 2.45) is 0 Å². The third-order valence-corrected chi connectivity index (χ3v) is 2.63. The Hall–Kier alpha value is -1.98. The average molecular weight is 234 g/mol. The first-order valence-electron chi connectivity index (χ1n) is 5.63. The fourth-order valence-electron chi connectivity index (χ4n) is 1.60. The van der Waals surface area contributed by atoms with Crippen molar-refractivity contribution in [1.82, 2.24) is 20.2 Å². The van der Waals surface area contributed by atoms with Gasteiger partial charge in [-0.3, -0.25) is 0 Å². The van der Waals surface area contributed by atoms with E-state index in [4.69, 9.17) is 0 Å². The summed E-state index contributed by atoms with van der Waals surface area (Å²) >= 11 is 0. The van der Waals surface area contributed by atoms with E-state index in [1.807, 2.05) is 25.2 Å². The quantitative estimate of drug-likeness (QED) is 0.726. The number of hydrogen-bond acceptors (Lipinski definition) is 4. The van der Waals surface area contributed by atoms with Gasteiger partial charge in [-0.15, -0.1) is 5.10 Å². The van der Waals surface area contributed by atoms with E-state index in [-0.39, 0.29) is 0 Å². The van der Waals surface area contributed by atoms with Crippen molar-refractivity contribution in [2.45, 2.75) is 13.3 Å². The molecule has 17 heavy (non-hydrogen) atoms. The molecule has 3 N–H and O–H groups in total. The van der Waals surface area contributed by atoms with E-state index in [2.05, 4.69) is 38.5 Å². The predicted octanol–water partition coefficient (Wildman–Crippen LogP) is 1.16. The SMILES string of the molecule is Cc1[nH]ccc1CCNc1nc(N(C)C)n[nH]1. The van der Waals surface area contributed by atoms with Gasteiger partial charge >= 0.3 is 0 Å². The summed E-state index contributed by atoms with van der Waals surface area (Å²) in [6, 6.07) is 2.10. The van der Waals surface area contributed by atoms with Crippen LogP contribution in [-0.4, -0.2) is 40.8 Å². The number of nitrogens with one attached hydrogen (secondary N) is 3. The highest BCUT2D eigenvalue weighted by atomic mass is 15.4. The standard InChI is InChI=1S/C11H18N6/c1-8-9(4-6-12-8)5-7-13-10-14-11(16-15-10)17(2)3/h4,6,12H,5,7H2,1-3H3,(H2,13,14,15,16). The summed E-state index contributed by atoms with van der Waals surface area (Å²) in [5.74, 6) is 1.40. The number of aromatic amines is 2. The second-order valence-corrected chi connectivity index (χ2v) is 4.18. The van der Waals surface area contributed by atoms with Crippen LogP contribution < -0.4 is 10.2 Å². The average Bonchev–Trinajstić information content (AvgIpc) is 2.89. The van der Waals surface area contributed by atoms with Crippen molar-refractivity contribution in [3.05, 3.63) is 23.5 Å². The van der Waals surface area contributed by atoms with Gasteiger partial charge in [-0.05, 0) is 25.0 Å². The van der Waals surface area contributed by atoms with Crippen molar-refractivity contribution in [2.75, 3.05) is 30.9 Å². The summed E-state index contributed by atoms with van der Waals surface area (Å²) in [5, 5.41) is 10.1. The first-order valence-corrected chi connectivity index (χ1v) is 5.63. The number of hydrogen-bond donors (Lipinski definition) is 3. The molecule has 2 aromatic heterocycles. The molecule has 2 aromatic rings. The molecule has 0 aromatic carbocycles. The first kappa shape index (κ1) is 11.5.